The maximum absolute atomic E-state index is 14.1. The zero-order valence-electron chi connectivity index (χ0n) is 19.5. The van der Waals surface area contributed by atoms with Gasteiger partial charge in [-0.2, -0.15) is 19.3 Å². The van der Waals surface area contributed by atoms with Crippen molar-refractivity contribution in [2.45, 2.75) is 13.3 Å². The number of anilines is 2. The van der Waals surface area contributed by atoms with Crippen LogP contribution in [0, 0.1) is 6.92 Å². The predicted octanol–water partition coefficient (Wildman–Crippen LogP) is 1.94. The number of halogens is 3. The topological polar surface area (TPSA) is 110 Å². The van der Waals surface area contributed by atoms with Crippen LogP contribution in [0.25, 0.3) is 17.0 Å². The zero-order valence-corrected chi connectivity index (χ0v) is 21.1. The fourth-order valence-corrected chi connectivity index (χ4v) is 5.61. The third kappa shape index (κ3) is 4.69. The summed E-state index contributed by atoms with van der Waals surface area (Å²) in [6.45, 7) is 4.90. The summed E-state index contributed by atoms with van der Waals surface area (Å²) in [6, 6.07) is 5.28. The minimum Gasteiger partial charge on any atom is -0.378 e. The van der Waals surface area contributed by atoms with Crippen LogP contribution in [0.5, 0.6) is 0 Å². The molecule has 0 radical (unpaired) electrons. The number of imidazole rings is 1. The molecule has 0 bridgehead atoms. The smallest absolute Gasteiger partial charge is 0.296 e. The second kappa shape index (κ2) is 10.00. The van der Waals surface area contributed by atoms with Gasteiger partial charge in [0.25, 0.3) is 6.43 Å². The molecule has 4 heterocycles. The van der Waals surface area contributed by atoms with Gasteiger partial charge in [0.1, 0.15) is 5.21 Å². The van der Waals surface area contributed by atoms with Gasteiger partial charge < -0.3 is 14.5 Å². The van der Waals surface area contributed by atoms with Crippen molar-refractivity contribution in [3.05, 3.63) is 29.6 Å². The maximum atomic E-state index is 14.1. The molecule has 36 heavy (non-hydrogen) atoms. The quantitative estimate of drug-likeness (QED) is 0.432. The van der Waals surface area contributed by atoms with Gasteiger partial charge in [0, 0.05) is 39.3 Å². The number of aromatic nitrogens is 5. The van der Waals surface area contributed by atoms with Gasteiger partial charge in [-0.15, -0.1) is 11.6 Å². The predicted molar refractivity (Wildman–Crippen MR) is 131 cm³/mol. The highest BCUT2D eigenvalue weighted by atomic mass is 35.5. The number of piperazine rings is 1. The van der Waals surface area contributed by atoms with Crippen molar-refractivity contribution in [3.8, 4) is 5.95 Å². The van der Waals surface area contributed by atoms with Gasteiger partial charge in [-0.05, 0) is 18.6 Å². The van der Waals surface area contributed by atoms with E-state index in [2.05, 4.69) is 19.9 Å². The van der Waals surface area contributed by atoms with E-state index in [1.54, 1.807) is 25.1 Å². The molecule has 0 N–H and O–H groups in total. The highest BCUT2D eigenvalue weighted by Gasteiger charge is 2.30. The molecule has 1 aromatic carbocycles. The number of alkyl halides is 3. The molecule has 5 rings (SSSR count). The molecule has 2 fully saturated rings. The first-order valence-electron chi connectivity index (χ1n) is 11.4. The van der Waals surface area contributed by atoms with Crippen molar-refractivity contribution in [1.82, 2.24) is 28.8 Å². The molecule has 3 aromatic rings. The van der Waals surface area contributed by atoms with Crippen LogP contribution >= 0.6 is 11.6 Å². The lowest BCUT2D eigenvalue weighted by atomic mass is 10.2. The Morgan fingerprint density at radius 3 is 2.17 bits per heavy atom. The minimum atomic E-state index is -3.54. The largest absolute Gasteiger partial charge is 0.378 e. The average Bonchev–Trinajstić information content (AvgIpc) is 3.30. The number of para-hydroxylation sites is 1. The number of aryl methyl sites for hydroxylation is 1. The molecule has 0 spiro atoms. The number of ether oxygens (including phenoxy) is 1. The van der Waals surface area contributed by atoms with E-state index >= 15 is 0 Å². The first-order valence-corrected chi connectivity index (χ1v) is 13.6. The summed E-state index contributed by atoms with van der Waals surface area (Å²) in [5, 5.41) is -0.492. The highest BCUT2D eigenvalue weighted by molar-refractivity contribution is 7.90. The monoisotopic (exact) mass is 542 g/mol. The number of hydrogen-bond donors (Lipinski definition) is 0. The fourth-order valence-electron chi connectivity index (χ4n) is 4.34. The van der Waals surface area contributed by atoms with Crippen molar-refractivity contribution in [2.24, 2.45) is 0 Å². The molecule has 15 heteroatoms. The lowest BCUT2D eigenvalue weighted by Crippen LogP contribution is -2.49. The molecule has 0 unspecified atom stereocenters. The van der Waals surface area contributed by atoms with Gasteiger partial charge in [-0.3, -0.25) is 4.57 Å². The summed E-state index contributed by atoms with van der Waals surface area (Å²) < 4.78 is 60.6. The van der Waals surface area contributed by atoms with Crippen molar-refractivity contribution in [3.63, 3.8) is 0 Å². The van der Waals surface area contributed by atoms with Crippen LogP contribution in [0.15, 0.2) is 18.2 Å². The summed E-state index contributed by atoms with van der Waals surface area (Å²) >= 11 is 5.60. The summed E-state index contributed by atoms with van der Waals surface area (Å²) in [7, 11) is -3.54. The fraction of sp³-hybridized carbons (Fsp3) is 0.524. The van der Waals surface area contributed by atoms with Gasteiger partial charge in [-0.25, -0.2) is 22.2 Å². The van der Waals surface area contributed by atoms with Crippen molar-refractivity contribution < 1.29 is 21.9 Å². The third-order valence-electron chi connectivity index (χ3n) is 6.25. The van der Waals surface area contributed by atoms with Crippen LogP contribution in [0.2, 0.25) is 0 Å². The van der Waals surface area contributed by atoms with Crippen molar-refractivity contribution in [2.75, 3.05) is 67.5 Å². The molecule has 11 nitrogen and oxygen atoms in total. The maximum Gasteiger partial charge on any atom is 0.296 e. The Balaban J connectivity index is 1.60. The Morgan fingerprint density at radius 1 is 0.944 bits per heavy atom. The van der Waals surface area contributed by atoms with Crippen molar-refractivity contribution in [1.29, 1.82) is 0 Å². The number of fused-ring (bicyclic) bond motifs is 1. The zero-order chi connectivity index (χ0) is 25.4. The van der Waals surface area contributed by atoms with Crippen molar-refractivity contribution >= 4 is 44.6 Å². The number of sulfonamides is 1. The normalized spacial score (nSPS) is 17.9. The molecule has 2 aromatic heterocycles. The minimum absolute atomic E-state index is 0.0284. The lowest BCUT2D eigenvalue weighted by Gasteiger charge is -2.34. The Hall–Kier alpha value is -2.68. The summed E-state index contributed by atoms with van der Waals surface area (Å²) in [5.41, 5.74) is 1.67. The first-order chi connectivity index (χ1) is 17.3. The molecule has 2 aliphatic heterocycles. The Bertz CT molecular complexity index is 1360. The molecular weight excluding hydrogens is 518 g/mol. The molecule has 0 atom stereocenters. The van der Waals surface area contributed by atoms with E-state index in [0.29, 0.717) is 56.4 Å². The van der Waals surface area contributed by atoms with Gasteiger partial charge in [0.05, 0.1) is 24.2 Å². The van der Waals surface area contributed by atoms with Crippen LogP contribution in [0.1, 0.15) is 17.8 Å². The molecular formula is C21H25ClF2N8O3S. The van der Waals surface area contributed by atoms with Crippen LogP contribution in [-0.2, 0) is 14.8 Å². The van der Waals surface area contributed by atoms with E-state index in [1.807, 2.05) is 9.80 Å². The number of rotatable bonds is 6. The second-order valence-electron chi connectivity index (χ2n) is 8.49. The molecule has 2 saturated heterocycles. The van der Waals surface area contributed by atoms with E-state index in [-0.39, 0.29) is 25.0 Å². The van der Waals surface area contributed by atoms with Crippen LogP contribution in [0.3, 0.4) is 0 Å². The number of nitrogens with zero attached hydrogens (tertiary/aromatic N) is 8. The Labute approximate surface area is 211 Å². The molecule has 0 aliphatic carbocycles. The van der Waals surface area contributed by atoms with E-state index < -0.39 is 27.5 Å². The van der Waals surface area contributed by atoms with Gasteiger partial charge >= 0.3 is 0 Å². The van der Waals surface area contributed by atoms with E-state index in [4.69, 9.17) is 16.3 Å². The summed E-state index contributed by atoms with van der Waals surface area (Å²) in [6.07, 6.45) is -2.85. The van der Waals surface area contributed by atoms with E-state index in [1.165, 1.54) is 8.87 Å². The lowest BCUT2D eigenvalue weighted by molar-refractivity contribution is 0.122. The number of morpholine rings is 1. The highest BCUT2D eigenvalue weighted by Crippen LogP contribution is 2.30. The average molecular weight is 543 g/mol. The first kappa shape index (κ1) is 25.0. The summed E-state index contributed by atoms with van der Waals surface area (Å²) in [4.78, 5) is 21.7. The molecule has 194 valence electrons. The van der Waals surface area contributed by atoms with E-state index in [9.17, 15) is 17.2 Å². The molecule has 0 amide bonds. The van der Waals surface area contributed by atoms with Gasteiger partial charge in [0.15, 0.2) is 5.82 Å². The third-order valence-corrected chi connectivity index (χ3v) is 8.51. The Kier molecular flexibility index (Phi) is 6.94. The number of hydrogen-bond acceptors (Lipinski definition) is 9. The SMILES string of the molecule is Cc1cccc2c1nc(C(F)F)n2-c1nc(N2CCOCC2)nc(N2CCN(S(=O)(=O)CCl)CC2)n1. The molecule has 2 aliphatic rings. The standard InChI is InChI=1S/C21H25ClF2N8O3S/c1-14-3-2-4-15-16(14)25-18(17(23)24)32(15)21-27-19(26-20(28-21)30-9-11-35-12-10-30)29-5-7-31(8-6-29)36(33,34)13-22/h2-4,17H,5-13H2,1H3. The number of benzene rings is 1. The van der Waals surface area contributed by atoms with Crippen LogP contribution in [0.4, 0.5) is 20.7 Å². The van der Waals surface area contributed by atoms with Gasteiger partial charge in [0.2, 0.25) is 27.9 Å². The second-order valence-corrected chi connectivity index (χ2v) is 11.0. The molecule has 0 saturated carbocycles. The van der Waals surface area contributed by atoms with Crippen LogP contribution < -0.4 is 9.80 Å². The van der Waals surface area contributed by atoms with Gasteiger partial charge in [-0.1, -0.05) is 12.1 Å². The van der Waals surface area contributed by atoms with E-state index in [0.717, 1.165) is 5.56 Å². The van der Waals surface area contributed by atoms with Crippen LogP contribution in [-0.4, -0.2) is 94.9 Å². The summed E-state index contributed by atoms with van der Waals surface area (Å²) in [5.74, 6) is 0.186. The Morgan fingerprint density at radius 2 is 1.56 bits per heavy atom.